The van der Waals surface area contributed by atoms with Crippen molar-refractivity contribution in [2.24, 2.45) is 5.90 Å². The first-order valence-electron chi connectivity index (χ1n) is 5.85. The molecule has 1 aromatic carbocycles. The van der Waals surface area contributed by atoms with Crippen LogP contribution in [0.1, 0.15) is 36.0 Å². The molecular weight excluding hydrogens is 202 g/mol. The predicted octanol–water partition coefficient (Wildman–Crippen LogP) is 2.35. The van der Waals surface area contributed by atoms with Gasteiger partial charge in [-0.15, -0.1) is 0 Å². The molecule has 0 heterocycles. The van der Waals surface area contributed by atoms with E-state index in [4.69, 9.17) is 15.5 Å². The van der Waals surface area contributed by atoms with E-state index in [9.17, 15) is 0 Å². The molecule has 0 fully saturated rings. The second kappa shape index (κ2) is 5.32. The van der Waals surface area contributed by atoms with Crippen LogP contribution in [0, 0.1) is 0 Å². The number of fused-ring (bicyclic) bond motifs is 1. The number of rotatable bonds is 3. The molecule has 0 amide bonds. The third-order valence-electron chi connectivity index (χ3n) is 3.23. The summed E-state index contributed by atoms with van der Waals surface area (Å²) in [5.41, 5.74) is 3.91. The quantitative estimate of drug-likeness (QED) is 0.629. The van der Waals surface area contributed by atoms with Gasteiger partial charge < -0.3 is 4.74 Å². The Balaban J connectivity index is 2.36. The van der Waals surface area contributed by atoms with Crippen LogP contribution in [-0.2, 0) is 24.3 Å². The minimum absolute atomic E-state index is 0.413. The minimum atomic E-state index is 0.413. The molecule has 0 saturated carbocycles. The van der Waals surface area contributed by atoms with Crippen molar-refractivity contribution in [3.63, 3.8) is 0 Å². The lowest BCUT2D eigenvalue weighted by Crippen LogP contribution is -2.03. The first kappa shape index (κ1) is 11.4. The van der Waals surface area contributed by atoms with Gasteiger partial charge in [0, 0.05) is 5.56 Å². The SMILES string of the molecule is COc1cc2c(cc1CON)CCCCC2. The second-order valence-corrected chi connectivity index (χ2v) is 4.30. The minimum Gasteiger partial charge on any atom is -0.496 e. The molecule has 0 atom stereocenters. The average molecular weight is 221 g/mol. The van der Waals surface area contributed by atoms with Crippen molar-refractivity contribution in [2.45, 2.75) is 38.7 Å². The van der Waals surface area contributed by atoms with Crippen molar-refractivity contribution in [2.75, 3.05) is 7.11 Å². The highest BCUT2D eigenvalue weighted by atomic mass is 16.6. The van der Waals surface area contributed by atoms with Crippen LogP contribution in [0.2, 0.25) is 0 Å². The maximum absolute atomic E-state index is 5.37. The number of benzene rings is 1. The van der Waals surface area contributed by atoms with Gasteiger partial charge in [0.05, 0.1) is 13.7 Å². The van der Waals surface area contributed by atoms with Gasteiger partial charge in [0.2, 0.25) is 0 Å². The fraction of sp³-hybridized carbons (Fsp3) is 0.538. The summed E-state index contributed by atoms with van der Waals surface area (Å²) >= 11 is 0. The van der Waals surface area contributed by atoms with Crippen molar-refractivity contribution in [1.29, 1.82) is 0 Å². The maximum Gasteiger partial charge on any atom is 0.124 e. The number of hydrogen-bond acceptors (Lipinski definition) is 3. The zero-order valence-corrected chi connectivity index (χ0v) is 9.79. The first-order valence-corrected chi connectivity index (χ1v) is 5.85. The van der Waals surface area contributed by atoms with Crippen LogP contribution in [0.3, 0.4) is 0 Å². The summed E-state index contributed by atoms with van der Waals surface area (Å²) in [6.45, 7) is 0.413. The average Bonchev–Trinajstić information content (AvgIpc) is 2.53. The highest BCUT2D eigenvalue weighted by Crippen LogP contribution is 2.28. The van der Waals surface area contributed by atoms with E-state index in [2.05, 4.69) is 12.1 Å². The summed E-state index contributed by atoms with van der Waals surface area (Å²) in [6, 6.07) is 4.33. The molecule has 2 rings (SSSR count). The van der Waals surface area contributed by atoms with E-state index in [1.165, 1.54) is 30.4 Å². The van der Waals surface area contributed by atoms with Gasteiger partial charge in [-0.1, -0.05) is 6.42 Å². The van der Waals surface area contributed by atoms with Gasteiger partial charge in [-0.2, -0.15) is 0 Å². The molecule has 0 spiro atoms. The number of aryl methyl sites for hydroxylation is 2. The van der Waals surface area contributed by atoms with Crippen molar-refractivity contribution >= 4 is 0 Å². The Morgan fingerprint density at radius 3 is 2.44 bits per heavy atom. The molecule has 1 aromatic rings. The molecule has 16 heavy (non-hydrogen) atoms. The van der Waals surface area contributed by atoms with Gasteiger partial charge in [-0.25, -0.2) is 5.90 Å². The van der Waals surface area contributed by atoms with Crippen LogP contribution in [0.4, 0.5) is 0 Å². The molecule has 1 aliphatic rings. The first-order chi connectivity index (χ1) is 7.85. The van der Waals surface area contributed by atoms with Crippen LogP contribution >= 0.6 is 0 Å². The van der Waals surface area contributed by atoms with E-state index < -0.39 is 0 Å². The van der Waals surface area contributed by atoms with Crippen LogP contribution in [0.5, 0.6) is 5.75 Å². The fourth-order valence-electron chi connectivity index (χ4n) is 2.38. The Morgan fingerprint density at radius 2 is 1.81 bits per heavy atom. The topological polar surface area (TPSA) is 44.5 Å². The van der Waals surface area contributed by atoms with E-state index in [1.807, 2.05) is 0 Å². The molecular formula is C13H19NO2. The predicted molar refractivity (Wildman–Crippen MR) is 63.2 cm³/mol. The summed E-state index contributed by atoms with van der Waals surface area (Å²) < 4.78 is 5.37. The lowest BCUT2D eigenvalue weighted by Gasteiger charge is -2.13. The largest absolute Gasteiger partial charge is 0.496 e. The molecule has 0 unspecified atom stereocenters. The lowest BCUT2D eigenvalue weighted by atomic mass is 9.99. The molecule has 0 saturated heterocycles. The van der Waals surface area contributed by atoms with Gasteiger partial charge in [-0.05, 0) is 48.9 Å². The lowest BCUT2D eigenvalue weighted by molar-refractivity contribution is 0.122. The Hall–Kier alpha value is -1.06. The van der Waals surface area contributed by atoms with Gasteiger partial charge in [0.25, 0.3) is 0 Å². The number of hydrogen-bond donors (Lipinski definition) is 1. The van der Waals surface area contributed by atoms with E-state index >= 15 is 0 Å². The van der Waals surface area contributed by atoms with Gasteiger partial charge in [-0.3, -0.25) is 4.84 Å². The highest BCUT2D eigenvalue weighted by Gasteiger charge is 2.12. The van der Waals surface area contributed by atoms with E-state index in [0.29, 0.717) is 6.61 Å². The molecule has 0 radical (unpaired) electrons. The zero-order chi connectivity index (χ0) is 11.4. The van der Waals surface area contributed by atoms with Crippen LogP contribution in [0.25, 0.3) is 0 Å². The van der Waals surface area contributed by atoms with Crippen molar-refractivity contribution in [1.82, 2.24) is 0 Å². The third kappa shape index (κ3) is 2.36. The standard InChI is InChI=1S/C13H19NO2/c1-15-13-8-11-6-4-2-3-5-10(11)7-12(13)9-16-14/h7-8H,2-6,9,14H2,1H3. The Morgan fingerprint density at radius 1 is 1.12 bits per heavy atom. The van der Waals surface area contributed by atoms with E-state index in [0.717, 1.165) is 24.2 Å². The molecule has 0 aliphatic heterocycles. The van der Waals surface area contributed by atoms with Crippen molar-refractivity contribution < 1.29 is 9.57 Å². The molecule has 3 heteroatoms. The monoisotopic (exact) mass is 221 g/mol. The Labute approximate surface area is 96.5 Å². The van der Waals surface area contributed by atoms with E-state index in [1.54, 1.807) is 7.11 Å². The van der Waals surface area contributed by atoms with Gasteiger partial charge in [0.1, 0.15) is 5.75 Å². The second-order valence-electron chi connectivity index (χ2n) is 4.30. The van der Waals surface area contributed by atoms with Crippen LogP contribution in [0.15, 0.2) is 12.1 Å². The van der Waals surface area contributed by atoms with Crippen LogP contribution < -0.4 is 10.6 Å². The Bertz CT molecular complexity index is 362. The summed E-state index contributed by atoms with van der Waals surface area (Å²) in [4.78, 5) is 4.71. The molecule has 88 valence electrons. The summed E-state index contributed by atoms with van der Waals surface area (Å²) in [7, 11) is 1.69. The zero-order valence-electron chi connectivity index (χ0n) is 9.79. The number of methoxy groups -OCH3 is 1. The molecule has 1 aliphatic carbocycles. The molecule has 0 bridgehead atoms. The number of ether oxygens (including phenoxy) is 1. The van der Waals surface area contributed by atoms with Gasteiger partial charge in [0.15, 0.2) is 0 Å². The molecule has 2 N–H and O–H groups in total. The summed E-state index contributed by atoms with van der Waals surface area (Å²) in [6.07, 6.45) is 6.21. The summed E-state index contributed by atoms with van der Waals surface area (Å²) in [5.74, 6) is 6.03. The number of nitrogens with two attached hydrogens (primary N) is 1. The smallest absolute Gasteiger partial charge is 0.124 e. The highest BCUT2D eigenvalue weighted by molar-refractivity contribution is 5.43. The normalized spacial score (nSPS) is 15.4. The van der Waals surface area contributed by atoms with E-state index in [-0.39, 0.29) is 0 Å². The summed E-state index contributed by atoms with van der Waals surface area (Å²) in [5, 5.41) is 0. The molecule has 3 nitrogen and oxygen atoms in total. The maximum atomic E-state index is 5.37. The van der Waals surface area contributed by atoms with Crippen molar-refractivity contribution in [3.05, 3.63) is 28.8 Å². The van der Waals surface area contributed by atoms with Crippen LogP contribution in [-0.4, -0.2) is 7.11 Å². The molecule has 0 aromatic heterocycles. The fourth-order valence-corrected chi connectivity index (χ4v) is 2.38. The van der Waals surface area contributed by atoms with Gasteiger partial charge >= 0.3 is 0 Å². The van der Waals surface area contributed by atoms with Crippen molar-refractivity contribution in [3.8, 4) is 5.75 Å². The third-order valence-corrected chi connectivity index (χ3v) is 3.23. The Kier molecular flexibility index (Phi) is 3.80.